The van der Waals surface area contributed by atoms with Crippen LogP contribution in [0.15, 0.2) is 15.9 Å². The number of halogens is 1. The molecule has 21 heavy (non-hydrogen) atoms. The highest BCUT2D eigenvalue weighted by molar-refractivity contribution is 9.10. The Bertz CT molecular complexity index is 654. The van der Waals surface area contributed by atoms with E-state index >= 15 is 0 Å². The van der Waals surface area contributed by atoms with Crippen LogP contribution in [0.4, 0.5) is 5.82 Å². The summed E-state index contributed by atoms with van der Waals surface area (Å²) in [7, 11) is 0. The Morgan fingerprint density at radius 3 is 2.67 bits per heavy atom. The smallest absolute Gasteiger partial charge is 0.159 e. The van der Waals surface area contributed by atoms with E-state index in [-0.39, 0.29) is 0 Å². The number of nitrogens with one attached hydrogen (secondary N) is 1. The molecule has 2 aromatic heterocycles. The van der Waals surface area contributed by atoms with Gasteiger partial charge in [-0.1, -0.05) is 26.1 Å². The van der Waals surface area contributed by atoms with Crippen LogP contribution in [0.25, 0.3) is 0 Å². The van der Waals surface area contributed by atoms with E-state index < -0.39 is 0 Å². The molecule has 0 aliphatic rings. The standard InChI is InChI=1S/C14H17BrN4S2/c1-3-10-11(4-2)18-19-14(12(10)13(16)20)17-6-9-5-8(15)7-21-9/h5,7H,3-4,6H2,1-2H3,(H2,16,20)(H,17,19). The van der Waals surface area contributed by atoms with Crippen molar-refractivity contribution in [3.8, 4) is 0 Å². The zero-order valence-electron chi connectivity index (χ0n) is 11.9. The first-order valence-corrected chi connectivity index (χ1v) is 8.79. The molecular weight excluding hydrogens is 368 g/mol. The van der Waals surface area contributed by atoms with Crippen molar-refractivity contribution in [3.05, 3.63) is 37.6 Å². The van der Waals surface area contributed by atoms with Gasteiger partial charge in [-0.25, -0.2) is 0 Å². The van der Waals surface area contributed by atoms with Crippen molar-refractivity contribution in [2.45, 2.75) is 33.2 Å². The van der Waals surface area contributed by atoms with Gasteiger partial charge in [0.25, 0.3) is 0 Å². The lowest BCUT2D eigenvalue weighted by Crippen LogP contribution is -2.19. The topological polar surface area (TPSA) is 63.8 Å². The van der Waals surface area contributed by atoms with Crippen LogP contribution in [0.1, 0.15) is 35.5 Å². The monoisotopic (exact) mass is 384 g/mol. The zero-order chi connectivity index (χ0) is 15.4. The van der Waals surface area contributed by atoms with Crippen LogP contribution in [0.5, 0.6) is 0 Å². The molecule has 0 bridgehead atoms. The second kappa shape index (κ2) is 7.29. The van der Waals surface area contributed by atoms with E-state index in [0.717, 1.165) is 34.1 Å². The molecule has 0 aliphatic carbocycles. The molecule has 0 radical (unpaired) electrons. The molecule has 2 heterocycles. The van der Waals surface area contributed by atoms with Crippen molar-refractivity contribution in [3.63, 3.8) is 0 Å². The molecule has 7 heteroatoms. The lowest BCUT2D eigenvalue weighted by molar-refractivity contribution is 0.872. The summed E-state index contributed by atoms with van der Waals surface area (Å²) >= 11 is 10.3. The van der Waals surface area contributed by atoms with Crippen LogP contribution >= 0.6 is 39.5 Å². The summed E-state index contributed by atoms with van der Waals surface area (Å²) in [6, 6.07) is 2.08. The number of thiocarbonyl (C=S) groups is 1. The average molecular weight is 385 g/mol. The van der Waals surface area contributed by atoms with Crippen molar-refractivity contribution in [1.29, 1.82) is 0 Å². The SMILES string of the molecule is CCc1nnc(NCc2cc(Br)cs2)c(C(N)=S)c1CC. The molecule has 0 saturated heterocycles. The lowest BCUT2D eigenvalue weighted by atomic mass is 10.0. The number of hydrogen-bond acceptors (Lipinski definition) is 5. The van der Waals surface area contributed by atoms with E-state index in [1.54, 1.807) is 11.3 Å². The van der Waals surface area contributed by atoms with Gasteiger partial charge in [-0.15, -0.1) is 16.4 Å². The van der Waals surface area contributed by atoms with Gasteiger partial charge in [0.05, 0.1) is 17.8 Å². The van der Waals surface area contributed by atoms with Gasteiger partial charge >= 0.3 is 0 Å². The molecule has 112 valence electrons. The molecule has 0 aliphatic heterocycles. The fraction of sp³-hybridized carbons (Fsp3) is 0.357. The number of aryl methyl sites for hydroxylation is 1. The van der Waals surface area contributed by atoms with Crippen LogP contribution in [-0.4, -0.2) is 15.2 Å². The van der Waals surface area contributed by atoms with Gasteiger partial charge in [0, 0.05) is 14.7 Å². The Morgan fingerprint density at radius 2 is 2.14 bits per heavy atom. The minimum Gasteiger partial charge on any atom is -0.389 e. The predicted octanol–water partition coefficient (Wildman–Crippen LogP) is 3.67. The van der Waals surface area contributed by atoms with E-state index in [2.05, 4.69) is 56.7 Å². The number of aromatic nitrogens is 2. The van der Waals surface area contributed by atoms with Gasteiger partial charge in [0.15, 0.2) is 5.82 Å². The quantitative estimate of drug-likeness (QED) is 0.743. The van der Waals surface area contributed by atoms with Gasteiger partial charge < -0.3 is 11.1 Å². The third-order valence-corrected chi connectivity index (χ3v) is 5.05. The largest absolute Gasteiger partial charge is 0.389 e. The molecular formula is C14H17BrN4S2. The van der Waals surface area contributed by atoms with Gasteiger partial charge in [-0.3, -0.25) is 0 Å². The normalized spacial score (nSPS) is 10.6. The van der Waals surface area contributed by atoms with Gasteiger partial charge in [0.1, 0.15) is 4.99 Å². The first-order chi connectivity index (χ1) is 10.1. The van der Waals surface area contributed by atoms with E-state index in [9.17, 15) is 0 Å². The Morgan fingerprint density at radius 1 is 1.38 bits per heavy atom. The summed E-state index contributed by atoms with van der Waals surface area (Å²) < 4.78 is 1.08. The molecule has 0 unspecified atom stereocenters. The highest BCUT2D eigenvalue weighted by Gasteiger charge is 2.16. The molecule has 0 aromatic carbocycles. The number of thiophene rings is 1. The maximum atomic E-state index is 5.91. The van der Waals surface area contributed by atoms with E-state index in [0.29, 0.717) is 17.4 Å². The molecule has 2 rings (SSSR count). The molecule has 0 atom stereocenters. The molecule has 0 amide bonds. The van der Waals surface area contributed by atoms with Gasteiger partial charge in [0.2, 0.25) is 0 Å². The number of anilines is 1. The molecule has 2 aromatic rings. The van der Waals surface area contributed by atoms with Crippen LogP contribution in [0.2, 0.25) is 0 Å². The predicted molar refractivity (Wildman–Crippen MR) is 96.0 cm³/mol. The van der Waals surface area contributed by atoms with Crippen molar-refractivity contribution in [2.75, 3.05) is 5.32 Å². The van der Waals surface area contributed by atoms with Gasteiger partial charge in [-0.05, 0) is 40.4 Å². The molecule has 3 N–H and O–H groups in total. The third-order valence-electron chi connectivity index (χ3n) is 3.14. The fourth-order valence-corrected chi connectivity index (χ4v) is 3.79. The Kier molecular flexibility index (Phi) is 5.66. The van der Waals surface area contributed by atoms with Gasteiger partial charge in [-0.2, -0.15) is 5.10 Å². The van der Waals surface area contributed by atoms with Crippen LogP contribution in [0.3, 0.4) is 0 Å². The molecule has 0 fully saturated rings. The Balaban J connectivity index is 2.32. The number of nitrogens with zero attached hydrogens (tertiary/aromatic N) is 2. The maximum absolute atomic E-state index is 5.91. The summed E-state index contributed by atoms with van der Waals surface area (Å²) in [6.45, 7) is 4.82. The minimum atomic E-state index is 0.367. The highest BCUT2D eigenvalue weighted by Crippen LogP contribution is 2.24. The summed E-state index contributed by atoms with van der Waals surface area (Å²) in [6.07, 6.45) is 1.66. The van der Waals surface area contributed by atoms with E-state index in [1.165, 1.54) is 4.88 Å². The second-order valence-corrected chi connectivity index (χ2v) is 6.86. The first kappa shape index (κ1) is 16.3. The Hall–Kier alpha value is -1.05. The summed E-state index contributed by atoms with van der Waals surface area (Å²) in [4.78, 5) is 1.57. The summed E-state index contributed by atoms with van der Waals surface area (Å²) in [5, 5.41) is 13.9. The highest BCUT2D eigenvalue weighted by atomic mass is 79.9. The van der Waals surface area contributed by atoms with E-state index in [1.807, 2.05) is 0 Å². The number of rotatable bonds is 6. The van der Waals surface area contributed by atoms with Crippen LogP contribution in [-0.2, 0) is 19.4 Å². The Labute approximate surface area is 142 Å². The first-order valence-electron chi connectivity index (χ1n) is 6.71. The molecule has 0 saturated carbocycles. The average Bonchev–Trinajstić information content (AvgIpc) is 2.89. The van der Waals surface area contributed by atoms with Crippen molar-refractivity contribution in [1.82, 2.24) is 10.2 Å². The van der Waals surface area contributed by atoms with Crippen molar-refractivity contribution in [2.24, 2.45) is 5.73 Å². The third kappa shape index (κ3) is 3.78. The van der Waals surface area contributed by atoms with E-state index in [4.69, 9.17) is 18.0 Å². The van der Waals surface area contributed by atoms with Crippen LogP contribution < -0.4 is 11.1 Å². The van der Waals surface area contributed by atoms with Crippen molar-refractivity contribution < 1.29 is 0 Å². The second-order valence-electron chi connectivity index (χ2n) is 4.51. The summed E-state index contributed by atoms with van der Waals surface area (Å²) in [5.41, 5.74) is 8.79. The summed E-state index contributed by atoms with van der Waals surface area (Å²) in [5.74, 6) is 0.668. The zero-order valence-corrected chi connectivity index (χ0v) is 15.2. The maximum Gasteiger partial charge on any atom is 0.159 e. The van der Waals surface area contributed by atoms with Crippen LogP contribution in [0, 0.1) is 0 Å². The minimum absolute atomic E-state index is 0.367. The molecule has 4 nitrogen and oxygen atoms in total. The lowest BCUT2D eigenvalue weighted by Gasteiger charge is -2.15. The molecule has 0 spiro atoms. The fourth-order valence-electron chi connectivity index (χ4n) is 2.18. The number of hydrogen-bond donors (Lipinski definition) is 2. The number of nitrogens with two attached hydrogens (primary N) is 1. The van der Waals surface area contributed by atoms with Crippen molar-refractivity contribution >= 4 is 50.3 Å².